The van der Waals surface area contributed by atoms with Gasteiger partial charge in [-0.15, -0.1) is 0 Å². The molecule has 0 heterocycles. The number of benzene rings is 2. The fraction of sp³-hybridized carbons (Fsp3) is 0.316. The number of aryl methyl sites for hydroxylation is 1. The van der Waals surface area contributed by atoms with Crippen molar-refractivity contribution in [1.29, 1.82) is 5.26 Å². The van der Waals surface area contributed by atoms with Gasteiger partial charge in [-0.25, -0.2) is 8.42 Å². The van der Waals surface area contributed by atoms with Crippen LogP contribution in [0, 0.1) is 23.7 Å². The van der Waals surface area contributed by atoms with E-state index in [-0.39, 0.29) is 11.5 Å². The average molecular weight is 376 g/mol. The van der Waals surface area contributed by atoms with Crippen molar-refractivity contribution in [2.45, 2.75) is 23.0 Å². The molecule has 6 heteroatoms. The van der Waals surface area contributed by atoms with Crippen molar-refractivity contribution in [2.75, 3.05) is 13.7 Å². The summed E-state index contributed by atoms with van der Waals surface area (Å²) in [6.07, 6.45) is 0. The van der Waals surface area contributed by atoms with Gasteiger partial charge in [-0.3, -0.25) is 0 Å². The van der Waals surface area contributed by atoms with Crippen molar-refractivity contribution in [2.24, 2.45) is 5.41 Å². The summed E-state index contributed by atoms with van der Waals surface area (Å²) in [6, 6.07) is 15.9. The van der Waals surface area contributed by atoms with E-state index in [0.717, 1.165) is 11.1 Å². The Morgan fingerprint density at radius 2 is 1.92 bits per heavy atom. The molecule has 2 aromatic carbocycles. The Kier molecular flexibility index (Phi) is 4.63. The SMILES string of the molecule is COC[C@]1(C#N)[C@@H](c2cccc(Cl)c2)[C@@H]1S(=O)(=O)c1ccc(C)cc1. The summed E-state index contributed by atoms with van der Waals surface area (Å²) in [5.74, 6) is -0.470. The lowest BCUT2D eigenvalue weighted by molar-refractivity contribution is 0.162. The maximum Gasteiger partial charge on any atom is 0.183 e. The zero-order valence-corrected chi connectivity index (χ0v) is 15.5. The van der Waals surface area contributed by atoms with Gasteiger partial charge in [0.2, 0.25) is 0 Å². The van der Waals surface area contributed by atoms with E-state index in [1.54, 1.807) is 42.5 Å². The van der Waals surface area contributed by atoms with E-state index in [1.165, 1.54) is 7.11 Å². The summed E-state index contributed by atoms with van der Waals surface area (Å²) in [5.41, 5.74) is 0.611. The molecule has 130 valence electrons. The monoisotopic (exact) mass is 375 g/mol. The lowest BCUT2D eigenvalue weighted by Crippen LogP contribution is -2.19. The van der Waals surface area contributed by atoms with Gasteiger partial charge in [0, 0.05) is 18.1 Å². The van der Waals surface area contributed by atoms with E-state index in [9.17, 15) is 13.7 Å². The maximum absolute atomic E-state index is 13.2. The predicted molar refractivity (Wildman–Crippen MR) is 96.3 cm³/mol. The fourth-order valence-electron chi connectivity index (χ4n) is 3.48. The third kappa shape index (κ3) is 2.95. The molecule has 1 saturated carbocycles. The Labute approximate surface area is 152 Å². The number of hydrogen-bond acceptors (Lipinski definition) is 4. The summed E-state index contributed by atoms with van der Waals surface area (Å²) in [7, 11) is -2.21. The minimum Gasteiger partial charge on any atom is -0.383 e. The first-order valence-corrected chi connectivity index (χ1v) is 9.75. The molecule has 0 radical (unpaired) electrons. The Balaban J connectivity index is 2.09. The first-order valence-electron chi connectivity index (χ1n) is 7.83. The second-order valence-electron chi connectivity index (χ2n) is 6.40. The summed E-state index contributed by atoms with van der Waals surface area (Å²) in [5, 5.41) is 9.44. The van der Waals surface area contributed by atoms with Crippen LogP contribution in [0.2, 0.25) is 5.02 Å². The summed E-state index contributed by atoms with van der Waals surface area (Å²) < 4.78 is 31.6. The molecule has 4 nitrogen and oxygen atoms in total. The van der Waals surface area contributed by atoms with Crippen LogP contribution in [0.5, 0.6) is 0 Å². The number of nitriles is 1. The summed E-state index contributed by atoms with van der Waals surface area (Å²) >= 11 is 6.06. The van der Waals surface area contributed by atoms with Gasteiger partial charge in [0.05, 0.1) is 22.8 Å². The number of sulfone groups is 1. The van der Waals surface area contributed by atoms with Crippen LogP contribution in [0.3, 0.4) is 0 Å². The molecule has 1 fully saturated rings. The molecule has 25 heavy (non-hydrogen) atoms. The number of rotatable bonds is 5. The molecule has 1 aliphatic rings. The van der Waals surface area contributed by atoms with Crippen LogP contribution in [0.15, 0.2) is 53.4 Å². The van der Waals surface area contributed by atoms with Crippen molar-refractivity contribution in [1.82, 2.24) is 0 Å². The van der Waals surface area contributed by atoms with Crippen molar-refractivity contribution in [3.63, 3.8) is 0 Å². The summed E-state index contributed by atoms with van der Waals surface area (Å²) in [4.78, 5) is 0.225. The quantitative estimate of drug-likeness (QED) is 0.798. The van der Waals surface area contributed by atoms with E-state index >= 15 is 0 Å². The molecule has 1 aliphatic carbocycles. The van der Waals surface area contributed by atoms with Gasteiger partial charge in [-0.05, 0) is 36.8 Å². The smallest absolute Gasteiger partial charge is 0.183 e. The zero-order valence-electron chi connectivity index (χ0n) is 13.9. The van der Waals surface area contributed by atoms with Gasteiger partial charge in [0.25, 0.3) is 0 Å². The van der Waals surface area contributed by atoms with Gasteiger partial charge in [0.15, 0.2) is 9.84 Å². The lowest BCUT2D eigenvalue weighted by atomic mass is 10.0. The molecule has 0 saturated heterocycles. The molecule has 0 bridgehead atoms. The van der Waals surface area contributed by atoms with E-state index in [1.807, 2.05) is 13.0 Å². The number of halogens is 1. The first kappa shape index (κ1) is 17.9. The highest BCUT2D eigenvalue weighted by Gasteiger charge is 2.72. The molecule has 0 aliphatic heterocycles. The Hall–Kier alpha value is -1.87. The minimum atomic E-state index is -3.68. The highest BCUT2D eigenvalue weighted by molar-refractivity contribution is 7.92. The largest absolute Gasteiger partial charge is 0.383 e. The van der Waals surface area contributed by atoms with Gasteiger partial charge < -0.3 is 4.74 Å². The lowest BCUT2D eigenvalue weighted by Gasteiger charge is -2.08. The molecule has 0 N–H and O–H groups in total. The van der Waals surface area contributed by atoms with Crippen molar-refractivity contribution in [3.05, 3.63) is 64.7 Å². The fourth-order valence-corrected chi connectivity index (χ4v) is 5.99. The van der Waals surface area contributed by atoms with E-state index in [2.05, 4.69) is 6.07 Å². The molecule has 3 rings (SSSR count). The normalized spacial score (nSPS) is 25.4. The van der Waals surface area contributed by atoms with Gasteiger partial charge >= 0.3 is 0 Å². The molecule has 3 atom stereocenters. The zero-order chi connectivity index (χ0) is 18.2. The molecular formula is C19H18ClNO3S. The molecule has 0 spiro atoms. The van der Waals surface area contributed by atoms with E-state index in [0.29, 0.717) is 5.02 Å². The van der Waals surface area contributed by atoms with Crippen LogP contribution in [0.4, 0.5) is 0 Å². The molecule has 0 amide bonds. The van der Waals surface area contributed by atoms with Crippen LogP contribution >= 0.6 is 11.6 Å². The first-order chi connectivity index (χ1) is 11.9. The van der Waals surface area contributed by atoms with Crippen LogP contribution in [-0.2, 0) is 14.6 Å². The number of hydrogen-bond donors (Lipinski definition) is 0. The van der Waals surface area contributed by atoms with Crippen molar-refractivity contribution in [3.8, 4) is 6.07 Å². The molecule has 0 aromatic heterocycles. The van der Waals surface area contributed by atoms with Gasteiger partial charge in [-0.2, -0.15) is 5.26 Å². The maximum atomic E-state index is 13.2. The Morgan fingerprint density at radius 3 is 2.48 bits per heavy atom. The molecular weight excluding hydrogens is 358 g/mol. The highest BCUT2D eigenvalue weighted by Crippen LogP contribution is 2.64. The average Bonchev–Trinajstić information content (AvgIpc) is 3.26. The second-order valence-corrected chi connectivity index (χ2v) is 8.90. The minimum absolute atomic E-state index is 0.0520. The molecule has 0 unspecified atom stereocenters. The van der Waals surface area contributed by atoms with E-state index < -0.39 is 26.4 Å². The van der Waals surface area contributed by atoms with Crippen molar-refractivity contribution >= 4 is 21.4 Å². The van der Waals surface area contributed by atoms with Crippen LogP contribution in [0.25, 0.3) is 0 Å². The van der Waals surface area contributed by atoms with Crippen LogP contribution in [-0.4, -0.2) is 27.4 Å². The summed E-state index contributed by atoms with van der Waals surface area (Å²) in [6.45, 7) is 1.95. The number of ether oxygens (including phenoxy) is 1. The number of nitrogens with zero attached hydrogens (tertiary/aromatic N) is 1. The Bertz CT molecular complexity index is 934. The number of methoxy groups -OCH3 is 1. The second kappa shape index (κ2) is 6.45. The standard InChI is InChI=1S/C19H18ClNO3S/c1-13-6-8-16(9-7-13)25(22,23)18-17(19(18,11-21)12-24-2)14-4-3-5-15(20)10-14/h3-10,17-18H,12H2,1-2H3/t17-,18-,19+/m0/s1. The van der Waals surface area contributed by atoms with Crippen LogP contribution in [0.1, 0.15) is 17.0 Å². The van der Waals surface area contributed by atoms with Gasteiger partial charge in [0.1, 0.15) is 5.41 Å². The van der Waals surface area contributed by atoms with Crippen molar-refractivity contribution < 1.29 is 13.2 Å². The topological polar surface area (TPSA) is 67.2 Å². The third-order valence-electron chi connectivity index (χ3n) is 4.74. The van der Waals surface area contributed by atoms with E-state index in [4.69, 9.17) is 16.3 Å². The third-order valence-corrected chi connectivity index (χ3v) is 7.26. The molecule has 2 aromatic rings. The predicted octanol–water partition coefficient (Wildman–Crippen LogP) is 3.74. The Morgan fingerprint density at radius 1 is 1.24 bits per heavy atom. The highest BCUT2D eigenvalue weighted by atomic mass is 35.5. The van der Waals surface area contributed by atoms with Gasteiger partial charge in [-0.1, -0.05) is 41.4 Å². The van der Waals surface area contributed by atoms with Crippen LogP contribution < -0.4 is 0 Å².